The molecule has 5 heteroatoms. The molecule has 0 aliphatic heterocycles. The third-order valence-electron chi connectivity index (χ3n) is 3.71. The predicted octanol–water partition coefficient (Wildman–Crippen LogP) is 2.13. The van der Waals surface area contributed by atoms with E-state index in [1.165, 1.54) is 0 Å². The van der Waals surface area contributed by atoms with Crippen LogP contribution in [-0.2, 0) is 9.59 Å². The van der Waals surface area contributed by atoms with Crippen LogP contribution >= 0.6 is 11.8 Å². The second kappa shape index (κ2) is 7.02. The molecule has 18 heavy (non-hydrogen) atoms. The van der Waals surface area contributed by atoms with Gasteiger partial charge in [0.2, 0.25) is 5.91 Å². The van der Waals surface area contributed by atoms with Crippen molar-refractivity contribution < 1.29 is 14.7 Å². The third-order valence-corrected chi connectivity index (χ3v) is 5.04. The van der Waals surface area contributed by atoms with Crippen LogP contribution in [0.15, 0.2) is 0 Å². The molecule has 4 nitrogen and oxygen atoms in total. The van der Waals surface area contributed by atoms with E-state index in [9.17, 15) is 9.59 Å². The number of carbonyl (C=O) groups is 2. The van der Waals surface area contributed by atoms with E-state index in [0.717, 1.165) is 25.0 Å². The number of amides is 1. The Bertz CT molecular complexity index is 309. The van der Waals surface area contributed by atoms with Gasteiger partial charge in [-0.1, -0.05) is 27.2 Å². The highest BCUT2D eigenvalue weighted by atomic mass is 32.2. The van der Waals surface area contributed by atoms with Gasteiger partial charge in [0.15, 0.2) is 0 Å². The fourth-order valence-electron chi connectivity index (χ4n) is 2.26. The van der Waals surface area contributed by atoms with Crippen molar-refractivity contribution in [3.8, 4) is 0 Å². The van der Waals surface area contributed by atoms with Crippen molar-refractivity contribution in [1.29, 1.82) is 0 Å². The second-order valence-electron chi connectivity index (χ2n) is 4.96. The summed E-state index contributed by atoms with van der Waals surface area (Å²) in [5.74, 6) is -1.10. The fraction of sp³-hybridized carbons (Fsp3) is 0.846. The van der Waals surface area contributed by atoms with Gasteiger partial charge < -0.3 is 10.4 Å². The minimum atomic E-state index is -0.913. The van der Waals surface area contributed by atoms with Gasteiger partial charge in [0.25, 0.3) is 0 Å². The maximum absolute atomic E-state index is 12.0. The summed E-state index contributed by atoms with van der Waals surface area (Å²) >= 11 is 1.88. The topological polar surface area (TPSA) is 66.4 Å². The van der Waals surface area contributed by atoms with Crippen LogP contribution in [0.5, 0.6) is 0 Å². The molecule has 0 aromatic carbocycles. The van der Waals surface area contributed by atoms with Gasteiger partial charge in [-0.2, -0.15) is 11.8 Å². The quantitative estimate of drug-likeness (QED) is 0.778. The molecule has 0 aromatic rings. The van der Waals surface area contributed by atoms with E-state index >= 15 is 0 Å². The molecule has 0 saturated heterocycles. The molecule has 0 heterocycles. The van der Waals surface area contributed by atoms with Crippen LogP contribution in [0.4, 0.5) is 0 Å². The number of carboxylic acid groups (broad SMARTS) is 1. The zero-order chi connectivity index (χ0) is 13.7. The Morgan fingerprint density at radius 3 is 2.56 bits per heavy atom. The molecule has 2 N–H and O–H groups in total. The second-order valence-corrected chi connectivity index (χ2v) is 6.47. The Labute approximate surface area is 113 Å². The fourth-order valence-corrected chi connectivity index (χ4v) is 3.46. The highest BCUT2D eigenvalue weighted by molar-refractivity contribution is 7.99. The number of thioether (sulfide) groups is 1. The number of hydrogen-bond donors (Lipinski definition) is 2. The highest BCUT2D eigenvalue weighted by Crippen LogP contribution is 2.30. The van der Waals surface area contributed by atoms with Crippen molar-refractivity contribution in [3.63, 3.8) is 0 Å². The molecule has 1 aliphatic carbocycles. The van der Waals surface area contributed by atoms with Crippen LogP contribution in [0.1, 0.15) is 40.0 Å². The Kier molecular flexibility index (Phi) is 5.99. The standard InChI is InChI=1S/C13H23NO3S/c1-4-18-11-7-5-6-10(11)14-12(15)8(2)9(3)13(16)17/h8-11H,4-7H2,1-3H3,(H,14,15)(H,16,17). The Hall–Kier alpha value is -0.710. The average molecular weight is 273 g/mol. The normalized spacial score (nSPS) is 26.6. The van der Waals surface area contributed by atoms with E-state index < -0.39 is 17.8 Å². The highest BCUT2D eigenvalue weighted by Gasteiger charge is 2.32. The van der Waals surface area contributed by atoms with Crippen molar-refractivity contribution in [2.75, 3.05) is 5.75 Å². The lowest BCUT2D eigenvalue weighted by Gasteiger charge is -2.23. The number of aliphatic carboxylic acids is 1. The molecule has 1 amide bonds. The zero-order valence-electron chi connectivity index (χ0n) is 11.3. The van der Waals surface area contributed by atoms with E-state index in [1.807, 2.05) is 11.8 Å². The average Bonchev–Trinajstić information content (AvgIpc) is 2.75. The lowest BCUT2D eigenvalue weighted by molar-refractivity contribution is -0.146. The van der Waals surface area contributed by atoms with Crippen LogP contribution < -0.4 is 5.32 Å². The SMILES string of the molecule is CCSC1CCCC1NC(=O)C(C)C(C)C(=O)O. The number of carbonyl (C=O) groups excluding carboxylic acids is 1. The molecule has 1 rings (SSSR count). The molecule has 0 radical (unpaired) electrons. The number of nitrogens with one attached hydrogen (secondary N) is 1. The summed E-state index contributed by atoms with van der Waals surface area (Å²) in [6.45, 7) is 5.39. The minimum Gasteiger partial charge on any atom is -0.481 e. The maximum Gasteiger partial charge on any atom is 0.307 e. The van der Waals surface area contributed by atoms with E-state index in [4.69, 9.17) is 5.11 Å². The molecule has 1 fully saturated rings. The van der Waals surface area contributed by atoms with Crippen LogP contribution in [0.2, 0.25) is 0 Å². The van der Waals surface area contributed by atoms with Crippen LogP contribution in [0, 0.1) is 11.8 Å². The van der Waals surface area contributed by atoms with E-state index in [1.54, 1.807) is 13.8 Å². The summed E-state index contributed by atoms with van der Waals surface area (Å²) in [6, 6.07) is 0.214. The Balaban J connectivity index is 2.51. The lowest BCUT2D eigenvalue weighted by atomic mass is 9.95. The van der Waals surface area contributed by atoms with Crippen molar-refractivity contribution >= 4 is 23.6 Å². The summed E-state index contributed by atoms with van der Waals surface area (Å²) in [5.41, 5.74) is 0. The smallest absolute Gasteiger partial charge is 0.307 e. The molecule has 0 aromatic heterocycles. The summed E-state index contributed by atoms with van der Waals surface area (Å²) < 4.78 is 0. The largest absolute Gasteiger partial charge is 0.481 e. The molecule has 104 valence electrons. The molecule has 1 aliphatic rings. The molecular weight excluding hydrogens is 250 g/mol. The first-order chi connectivity index (χ1) is 8.47. The van der Waals surface area contributed by atoms with Crippen molar-refractivity contribution in [3.05, 3.63) is 0 Å². The van der Waals surface area contributed by atoms with Crippen molar-refractivity contribution in [1.82, 2.24) is 5.32 Å². The number of carboxylic acids is 1. The molecular formula is C13H23NO3S. The van der Waals surface area contributed by atoms with Gasteiger partial charge in [-0.15, -0.1) is 0 Å². The van der Waals surface area contributed by atoms with E-state index in [2.05, 4.69) is 12.2 Å². The van der Waals surface area contributed by atoms with Crippen LogP contribution in [0.3, 0.4) is 0 Å². The molecule has 0 spiro atoms. The van der Waals surface area contributed by atoms with Gasteiger partial charge in [0.05, 0.1) is 5.92 Å². The number of rotatable bonds is 6. The lowest BCUT2D eigenvalue weighted by Crippen LogP contribution is -2.43. The first-order valence-corrected chi connectivity index (χ1v) is 7.67. The van der Waals surface area contributed by atoms with Gasteiger partial charge in [-0.05, 0) is 18.6 Å². The monoisotopic (exact) mass is 273 g/mol. The maximum atomic E-state index is 12.0. The summed E-state index contributed by atoms with van der Waals surface area (Å²) in [4.78, 5) is 22.9. The first-order valence-electron chi connectivity index (χ1n) is 6.62. The van der Waals surface area contributed by atoms with Gasteiger partial charge in [0.1, 0.15) is 0 Å². The van der Waals surface area contributed by atoms with Gasteiger partial charge >= 0.3 is 5.97 Å². The Morgan fingerprint density at radius 2 is 2.00 bits per heavy atom. The van der Waals surface area contributed by atoms with Crippen LogP contribution in [0.25, 0.3) is 0 Å². The minimum absolute atomic E-state index is 0.126. The predicted molar refractivity (Wildman–Crippen MR) is 73.7 cm³/mol. The molecule has 1 saturated carbocycles. The third kappa shape index (κ3) is 3.90. The summed E-state index contributed by atoms with van der Waals surface area (Å²) in [7, 11) is 0. The first kappa shape index (κ1) is 15.3. The van der Waals surface area contributed by atoms with Crippen molar-refractivity contribution in [2.24, 2.45) is 11.8 Å². The van der Waals surface area contributed by atoms with E-state index in [0.29, 0.717) is 5.25 Å². The molecule has 0 bridgehead atoms. The van der Waals surface area contributed by atoms with E-state index in [-0.39, 0.29) is 11.9 Å². The zero-order valence-corrected chi connectivity index (χ0v) is 12.1. The Morgan fingerprint density at radius 1 is 1.33 bits per heavy atom. The van der Waals surface area contributed by atoms with Crippen LogP contribution in [-0.4, -0.2) is 34.0 Å². The van der Waals surface area contributed by atoms with Gasteiger partial charge in [-0.3, -0.25) is 9.59 Å². The molecule has 4 atom stereocenters. The van der Waals surface area contributed by atoms with Gasteiger partial charge in [-0.25, -0.2) is 0 Å². The molecule has 4 unspecified atom stereocenters. The summed E-state index contributed by atoms with van der Waals surface area (Å²) in [5, 5.41) is 12.4. The van der Waals surface area contributed by atoms with Crippen molar-refractivity contribution in [2.45, 2.75) is 51.3 Å². The number of hydrogen-bond acceptors (Lipinski definition) is 3. The summed E-state index contributed by atoms with van der Waals surface area (Å²) in [6.07, 6.45) is 3.30. The van der Waals surface area contributed by atoms with Gasteiger partial charge in [0, 0.05) is 17.2 Å².